The van der Waals surface area contributed by atoms with E-state index in [9.17, 15) is 8.42 Å². The summed E-state index contributed by atoms with van der Waals surface area (Å²) in [5, 5.41) is 8.76. The molecule has 0 aliphatic heterocycles. The van der Waals surface area contributed by atoms with E-state index >= 15 is 0 Å². The van der Waals surface area contributed by atoms with E-state index in [2.05, 4.69) is 18.6 Å². The Morgan fingerprint density at radius 3 is 2.25 bits per heavy atom. The smallest absolute Gasteiger partial charge is 0.240 e. The molecule has 0 aliphatic carbocycles. The number of hydrogen-bond donors (Lipinski definition) is 2. The summed E-state index contributed by atoms with van der Waals surface area (Å²) in [6.07, 6.45) is 2.17. The number of benzene rings is 1. The Balaban J connectivity index is 2.72. The van der Waals surface area contributed by atoms with Crippen LogP contribution in [0.3, 0.4) is 0 Å². The highest BCUT2D eigenvalue weighted by molar-refractivity contribution is 7.89. The number of hydrogen-bond acceptors (Lipinski definition) is 3. The van der Waals surface area contributed by atoms with Gasteiger partial charge in [0.1, 0.15) is 0 Å². The molecule has 0 aromatic heterocycles. The van der Waals surface area contributed by atoms with Crippen molar-refractivity contribution < 1.29 is 13.5 Å². The van der Waals surface area contributed by atoms with Crippen molar-refractivity contribution in [2.45, 2.75) is 51.0 Å². The molecule has 5 heteroatoms. The molecule has 1 unspecified atom stereocenters. The molecule has 0 saturated heterocycles. The van der Waals surface area contributed by atoms with E-state index in [0.717, 1.165) is 12.0 Å². The lowest BCUT2D eigenvalue weighted by Crippen LogP contribution is -2.32. The normalized spacial score (nSPS) is 13.7. The van der Waals surface area contributed by atoms with E-state index in [1.807, 2.05) is 12.1 Å². The van der Waals surface area contributed by atoms with Gasteiger partial charge in [-0.05, 0) is 49.8 Å². The van der Waals surface area contributed by atoms with Gasteiger partial charge in [0.15, 0.2) is 0 Å². The third kappa shape index (κ3) is 5.61. The molecule has 0 bridgehead atoms. The molecule has 0 saturated carbocycles. The lowest BCUT2D eigenvalue weighted by Gasteiger charge is -2.14. The van der Waals surface area contributed by atoms with Gasteiger partial charge >= 0.3 is 0 Å². The molecular formula is C15H25NO3S. The summed E-state index contributed by atoms with van der Waals surface area (Å²) in [5.74, 6) is 0.550. The maximum absolute atomic E-state index is 12.2. The van der Waals surface area contributed by atoms with Crippen molar-refractivity contribution in [1.82, 2.24) is 4.72 Å². The van der Waals surface area contributed by atoms with Gasteiger partial charge in [-0.3, -0.25) is 0 Å². The molecule has 0 spiro atoms. The van der Waals surface area contributed by atoms with Crippen molar-refractivity contribution in [1.29, 1.82) is 0 Å². The zero-order chi connectivity index (χ0) is 15.2. The highest BCUT2D eigenvalue weighted by Crippen LogP contribution is 2.14. The van der Waals surface area contributed by atoms with Crippen LogP contribution in [0.1, 0.15) is 39.2 Å². The van der Waals surface area contributed by atoms with Crippen LogP contribution < -0.4 is 4.72 Å². The highest BCUT2D eigenvalue weighted by Gasteiger charge is 2.16. The fraction of sp³-hybridized carbons (Fsp3) is 0.600. The predicted octanol–water partition coefficient (Wildman–Crippen LogP) is 2.32. The zero-order valence-electron chi connectivity index (χ0n) is 12.5. The lowest BCUT2D eigenvalue weighted by molar-refractivity contribution is 0.279. The van der Waals surface area contributed by atoms with Crippen LogP contribution in [-0.2, 0) is 16.4 Å². The van der Waals surface area contributed by atoms with Crippen LogP contribution in [-0.4, -0.2) is 26.2 Å². The Bertz CT molecular complexity index is 494. The first-order chi connectivity index (χ1) is 9.35. The molecule has 0 aliphatic rings. The van der Waals surface area contributed by atoms with E-state index < -0.39 is 10.0 Å². The van der Waals surface area contributed by atoms with Crippen molar-refractivity contribution in [3.63, 3.8) is 0 Å². The first kappa shape index (κ1) is 17.1. The summed E-state index contributed by atoms with van der Waals surface area (Å²) < 4.78 is 27.0. The van der Waals surface area contributed by atoms with Crippen molar-refractivity contribution in [3.05, 3.63) is 29.8 Å². The molecule has 1 rings (SSSR count). The summed E-state index contributed by atoms with van der Waals surface area (Å²) in [6, 6.07) is 6.86. The van der Waals surface area contributed by atoms with Gasteiger partial charge in [-0.25, -0.2) is 13.1 Å². The van der Waals surface area contributed by atoms with E-state index in [0.29, 0.717) is 23.7 Å². The minimum Gasteiger partial charge on any atom is -0.396 e. The molecule has 0 amide bonds. The number of aliphatic hydroxyl groups is 1. The number of rotatable bonds is 8. The molecule has 20 heavy (non-hydrogen) atoms. The molecule has 1 atom stereocenters. The Morgan fingerprint density at radius 2 is 1.75 bits per heavy atom. The Kier molecular flexibility index (Phi) is 6.65. The molecule has 1 aromatic carbocycles. The quantitative estimate of drug-likeness (QED) is 0.774. The molecule has 2 N–H and O–H groups in total. The number of nitrogens with one attached hydrogen (secondary N) is 1. The molecule has 0 fully saturated rings. The van der Waals surface area contributed by atoms with Crippen molar-refractivity contribution in [2.75, 3.05) is 6.61 Å². The Hall–Kier alpha value is -0.910. The van der Waals surface area contributed by atoms with Crippen LogP contribution in [0.5, 0.6) is 0 Å². The molecule has 0 radical (unpaired) electrons. The van der Waals surface area contributed by atoms with E-state index in [1.54, 1.807) is 19.1 Å². The van der Waals surface area contributed by atoms with Crippen molar-refractivity contribution >= 4 is 10.0 Å². The lowest BCUT2D eigenvalue weighted by atomic mass is 10.0. The molecule has 4 nitrogen and oxygen atoms in total. The van der Waals surface area contributed by atoms with Gasteiger partial charge < -0.3 is 5.11 Å². The standard InChI is InChI=1S/C15H25NO3S/c1-12(2)11-14-6-8-15(9-7-14)20(18,19)16-13(3)5-4-10-17/h6-9,12-13,16-17H,4-5,10-11H2,1-3H3. The van der Waals surface area contributed by atoms with Crippen molar-refractivity contribution in [3.8, 4) is 0 Å². The van der Waals surface area contributed by atoms with Crippen molar-refractivity contribution in [2.24, 2.45) is 5.92 Å². The third-order valence-electron chi connectivity index (χ3n) is 3.03. The van der Waals surface area contributed by atoms with Crippen LogP contribution in [0.15, 0.2) is 29.2 Å². The summed E-state index contributed by atoms with van der Waals surface area (Å²) >= 11 is 0. The monoisotopic (exact) mass is 299 g/mol. The van der Waals surface area contributed by atoms with Gasteiger partial charge in [0.25, 0.3) is 0 Å². The van der Waals surface area contributed by atoms with Crippen LogP contribution >= 0.6 is 0 Å². The SMILES string of the molecule is CC(C)Cc1ccc(S(=O)(=O)NC(C)CCCO)cc1. The summed E-state index contributed by atoms with van der Waals surface area (Å²) in [5.41, 5.74) is 1.15. The molecule has 0 heterocycles. The zero-order valence-corrected chi connectivity index (χ0v) is 13.3. The highest BCUT2D eigenvalue weighted by atomic mass is 32.2. The second kappa shape index (κ2) is 7.76. The minimum atomic E-state index is -3.47. The molecule has 1 aromatic rings. The largest absolute Gasteiger partial charge is 0.396 e. The maximum Gasteiger partial charge on any atom is 0.240 e. The van der Waals surface area contributed by atoms with E-state index in [-0.39, 0.29) is 12.6 Å². The van der Waals surface area contributed by atoms with Crippen LogP contribution in [0.4, 0.5) is 0 Å². The Labute approximate surface area is 122 Å². The van der Waals surface area contributed by atoms with Gasteiger partial charge in [0, 0.05) is 12.6 Å². The molecule has 114 valence electrons. The van der Waals surface area contributed by atoms with Crippen LogP contribution in [0.2, 0.25) is 0 Å². The summed E-state index contributed by atoms with van der Waals surface area (Å²) in [6.45, 7) is 6.15. The minimum absolute atomic E-state index is 0.0793. The maximum atomic E-state index is 12.2. The van der Waals surface area contributed by atoms with Gasteiger partial charge in [0.2, 0.25) is 10.0 Å². The summed E-state index contributed by atoms with van der Waals surface area (Å²) in [4.78, 5) is 0.292. The van der Waals surface area contributed by atoms with Crippen LogP contribution in [0.25, 0.3) is 0 Å². The van der Waals surface area contributed by atoms with E-state index in [1.165, 1.54) is 0 Å². The van der Waals surface area contributed by atoms with Crippen LogP contribution in [0, 0.1) is 5.92 Å². The topological polar surface area (TPSA) is 66.4 Å². The average Bonchev–Trinajstić information content (AvgIpc) is 2.35. The van der Waals surface area contributed by atoms with E-state index in [4.69, 9.17) is 5.11 Å². The fourth-order valence-corrected chi connectivity index (χ4v) is 3.34. The third-order valence-corrected chi connectivity index (χ3v) is 4.63. The number of sulfonamides is 1. The predicted molar refractivity (Wildman–Crippen MR) is 81.1 cm³/mol. The first-order valence-electron chi connectivity index (χ1n) is 7.07. The van der Waals surface area contributed by atoms with Gasteiger partial charge in [-0.15, -0.1) is 0 Å². The average molecular weight is 299 g/mol. The summed E-state index contributed by atoms with van der Waals surface area (Å²) in [7, 11) is -3.47. The fourth-order valence-electron chi connectivity index (χ4n) is 2.07. The second-order valence-electron chi connectivity index (χ2n) is 5.63. The second-order valence-corrected chi connectivity index (χ2v) is 7.34. The molecular weight excluding hydrogens is 274 g/mol. The number of aliphatic hydroxyl groups excluding tert-OH is 1. The Morgan fingerprint density at radius 1 is 1.15 bits per heavy atom. The van der Waals surface area contributed by atoms with Gasteiger partial charge in [-0.1, -0.05) is 26.0 Å². The van der Waals surface area contributed by atoms with Gasteiger partial charge in [-0.2, -0.15) is 0 Å². The first-order valence-corrected chi connectivity index (χ1v) is 8.55. The van der Waals surface area contributed by atoms with Gasteiger partial charge in [0.05, 0.1) is 4.90 Å².